The highest BCUT2D eigenvalue weighted by molar-refractivity contribution is 7.89. The van der Waals surface area contributed by atoms with Crippen molar-refractivity contribution in [3.05, 3.63) is 0 Å². The van der Waals surface area contributed by atoms with Crippen LogP contribution >= 0.6 is 0 Å². The van der Waals surface area contributed by atoms with Crippen molar-refractivity contribution in [3.8, 4) is 6.07 Å². The van der Waals surface area contributed by atoms with Gasteiger partial charge >= 0.3 is 0 Å². The van der Waals surface area contributed by atoms with Crippen LogP contribution in [-0.2, 0) is 10.0 Å². The molecule has 5 heteroatoms. The zero-order chi connectivity index (χ0) is 12.1. The second-order valence-electron chi connectivity index (χ2n) is 4.84. The maximum absolute atomic E-state index is 11.5. The van der Waals surface area contributed by atoms with Crippen LogP contribution in [0.5, 0.6) is 0 Å². The molecule has 0 spiro atoms. The lowest BCUT2D eigenvalue weighted by Gasteiger charge is -2.18. The lowest BCUT2D eigenvalue weighted by atomic mass is 9.94. The van der Waals surface area contributed by atoms with Gasteiger partial charge in [0.1, 0.15) is 6.04 Å². The first-order chi connectivity index (χ1) is 6.70. The van der Waals surface area contributed by atoms with E-state index in [1.807, 2.05) is 26.8 Å². The molecule has 0 fully saturated rings. The molecule has 1 atom stereocenters. The molecule has 0 aromatic heterocycles. The zero-order valence-electron chi connectivity index (χ0n) is 9.87. The molecule has 4 nitrogen and oxygen atoms in total. The van der Waals surface area contributed by atoms with E-state index >= 15 is 0 Å². The average molecular weight is 232 g/mol. The molecule has 1 N–H and O–H groups in total. The molecule has 0 bridgehead atoms. The van der Waals surface area contributed by atoms with Crippen LogP contribution in [0.15, 0.2) is 0 Å². The zero-order valence-corrected chi connectivity index (χ0v) is 10.7. The Labute approximate surface area is 92.7 Å². The van der Waals surface area contributed by atoms with Crippen LogP contribution in [0.2, 0.25) is 0 Å². The summed E-state index contributed by atoms with van der Waals surface area (Å²) in [5, 5.41) is 8.64. The van der Waals surface area contributed by atoms with E-state index in [9.17, 15) is 8.42 Å². The Hall–Kier alpha value is -0.600. The number of hydrogen-bond acceptors (Lipinski definition) is 3. The van der Waals surface area contributed by atoms with Gasteiger partial charge in [-0.2, -0.15) is 9.98 Å². The predicted octanol–water partition coefficient (Wildman–Crippen LogP) is 1.64. The van der Waals surface area contributed by atoms with Gasteiger partial charge in [-0.1, -0.05) is 27.7 Å². The molecule has 1 unspecified atom stereocenters. The standard InChI is InChI=1S/C10H20N2O2S/c1-5-9(8-11)12-15(13,14)7-6-10(2,3)4/h9,12H,5-7H2,1-4H3. The molecule has 0 rings (SSSR count). The first kappa shape index (κ1) is 14.4. The molecule has 15 heavy (non-hydrogen) atoms. The molecule has 0 aromatic rings. The number of rotatable bonds is 5. The highest BCUT2D eigenvalue weighted by atomic mass is 32.2. The summed E-state index contributed by atoms with van der Waals surface area (Å²) in [6.07, 6.45) is 1.08. The van der Waals surface area contributed by atoms with Crippen molar-refractivity contribution in [2.24, 2.45) is 5.41 Å². The minimum absolute atomic E-state index is 0.0108. The third-order valence-corrected chi connectivity index (χ3v) is 3.39. The van der Waals surface area contributed by atoms with E-state index in [1.54, 1.807) is 6.92 Å². The fourth-order valence-corrected chi connectivity index (χ4v) is 2.57. The fraction of sp³-hybridized carbons (Fsp3) is 0.900. The molecule has 0 saturated carbocycles. The molecular weight excluding hydrogens is 212 g/mol. The topological polar surface area (TPSA) is 70.0 Å². The lowest BCUT2D eigenvalue weighted by molar-refractivity contribution is 0.396. The van der Waals surface area contributed by atoms with Gasteiger partial charge in [0.25, 0.3) is 0 Å². The van der Waals surface area contributed by atoms with Gasteiger partial charge in [0.15, 0.2) is 0 Å². The van der Waals surface area contributed by atoms with Crippen molar-refractivity contribution in [1.82, 2.24) is 4.72 Å². The number of sulfonamides is 1. The largest absolute Gasteiger partial charge is 0.212 e. The van der Waals surface area contributed by atoms with Gasteiger partial charge in [-0.3, -0.25) is 0 Å². The summed E-state index contributed by atoms with van der Waals surface area (Å²) in [6.45, 7) is 7.75. The summed E-state index contributed by atoms with van der Waals surface area (Å²) in [4.78, 5) is 0. The summed E-state index contributed by atoms with van der Waals surface area (Å²) in [6, 6.07) is 1.31. The van der Waals surface area contributed by atoms with Crippen LogP contribution in [0.3, 0.4) is 0 Å². The summed E-state index contributed by atoms with van der Waals surface area (Å²) in [5.74, 6) is 0.0781. The maximum Gasteiger partial charge on any atom is 0.212 e. The first-order valence-corrected chi connectivity index (χ1v) is 6.75. The van der Waals surface area contributed by atoms with Gasteiger partial charge in [0.2, 0.25) is 10.0 Å². The van der Waals surface area contributed by atoms with E-state index in [0.717, 1.165) is 0 Å². The van der Waals surface area contributed by atoms with Crippen LogP contribution in [0.1, 0.15) is 40.5 Å². The molecule has 0 aliphatic rings. The minimum atomic E-state index is -3.31. The predicted molar refractivity (Wildman–Crippen MR) is 60.7 cm³/mol. The fourth-order valence-electron chi connectivity index (χ4n) is 0.917. The van der Waals surface area contributed by atoms with E-state index in [-0.39, 0.29) is 11.2 Å². The van der Waals surface area contributed by atoms with E-state index in [0.29, 0.717) is 12.8 Å². The van der Waals surface area contributed by atoms with Gasteiger partial charge in [-0.05, 0) is 18.3 Å². The number of nitrogens with zero attached hydrogens (tertiary/aromatic N) is 1. The van der Waals surface area contributed by atoms with Crippen molar-refractivity contribution < 1.29 is 8.42 Å². The van der Waals surface area contributed by atoms with Crippen LogP contribution in [0.4, 0.5) is 0 Å². The molecule has 0 saturated heterocycles. The van der Waals surface area contributed by atoms with Crippen LogP contribution < -0.4 is 4.72 Å². The second kappa shape index (κ2) is 5.47. The molecule has 0 heterocycles. The van der Waals surface area contributed by atoms with Crippen LogP contribution in [-0.4, -0.2) is 20.2 Å². The van der Waals surface area contributed by atoms with Crippen molar-refractivity contribution in [2.45, 2.75) is 46.6 Å². The van der Waals surface area contributed by atoms with E-state index in [4.69, 9.17) is 5.26 Å². The van der Waals surface area contributed by atoms with Gasteiger partial charge in [0, 0.05) is 0 Å². The number of hydrogen-bond donors (Lipinski definition) is 1. The molecular formula is C10H20N2O2S. The third-order valence-electron chi connectivity index (χ3n) is 2.01. The summed E-state index contributed by atoms with van der Waals surface area (Å²) in [5.41, 5.74) is -0.0108. The van der Waals surface area contributed by atoms with E-state index < -0.39 is 16.1 Å². The summed E-state index contributed by atoms with van der Waals surface area (Å²) >= 11 is 0. The molecule has 0 amide bonds. The first-order valence-electron chi connectivity index (χ1n) is 5.10. The molecule has 0 radical (unpaired) electrons. The van der Waals surface area contributed by atoms with E-state index in [1.165, 1.54) is 0 Å². The van der Waals surface area contributed by atoms with Crippen molar-refractivity contribution in [3.63, 3.8) is 0 Å². The van der Waals surface area contributed by atoms with Crippen molar-refractivity contribution in [1.29, 1.82) is 5.26 Å². The Kier molecular flexibility index (Phi) is 5.26. The van der Waals surface area contributed by atoms with Crippen LogP contribution in [0.25, 0.3) is 0 Å². The summed E-state index contributed by atoms with van der Waals surface area (Å²) < 4.78 is 25.5. The van der Waals surface area contributed by atoms with Gasteiger partial charge in [0.05, 0.1) is 11.8 Å². The normalized spacial score (nSPS) is 14.6. The lowest BCUT2D eigenvalue weighted by Crippen LogP contribution is -2.35. The molecule has 88 valence electrons. The number of nitrogens with one attached hydrogen (secondary N) is 1. The second-order valence-corrected chi connectivity index (χ2v) is 6.71. The van der Waals surface area contributed by atoms with Crippen molar-refractivity contribution >= 4 is 10.0 Å². The van der Waals surface area contributed by atoms with Gasteiger partial charge in [-0.15, -0.1) is 0 Å². The smallest absolute Gasteiger partial charge is 0.212 e. The Morgan fingerprint density at radius 2 is 1.93 bits per heavy atom. The van der Waals surface area contributed by atoms with Gasteiger partial charge in [-0.25, -0.2) is 8.42 Å². The minimum Gasteiger partial charge on any atom is -0.212 e. The SMILES string of the molecule is CCC(C#N)NS(=O)(=O)CCC(C)(C)C. The summed E-state index contributed by atoms with van der Waals surface area (Å²) in [7, 11) is -3.31. The molecule has 0 aliphatic carbocycles. The third kappa shape index (κ3) is 7.34. The Morgan fingerprint density at radius 3 is 2.27 bits per heavy atom. The monoisotopic (exact) mass is 232 g/mol. The van der Waals surface area contributed by atoms with Gasteiger partial charge < -0.3 is 0 Å². The maximum atomic E-state index is 11.5. The number of nitriles is 1. The quantitative estimate of drug-likeness (QED) is 0.783. The van der Waals surface area contributed by atoms with Crippen LogP contribution in [0, 0.1) is 16.7 Å². The highest BCUT2D eigenvalue weighted by Gasteiger charge is 2.19. The highest BCUT2D eigenvalue weighted by Crippen LogP contribution is 2.18. The Balaban J connectivity index is 4.28. The Morgan fingerprint density at radius 1 is 1.40 bits per heavy atom. The van der Waals surface area contributed by atoms with Crippen molar-refractivity contribution in [2.75, 3.05) is 5.75 Å². The Bertz CT molecular complexity index is 322. The average Bonchev–Trinajstić information content (AvgIpc) is 2.10. The molecule has 0 aliphatic heterocycles. The van der Waals surface area contributed by atoms with E-state index in [2.05, 4.69) is 4.72 Å². The molecule has 0 aromatic carbocycles.